The zero-order chi connectivity index (χ0) is 33.5. The second-order valence-corrected chi connectivity index (χ2v) is 13.1. The Morgan fingerprint density at radius 3 is 1.94 bits per heavy atom. The van der Waals surface area contributed by atoms with E-state index in [1.807, 2.05) is 48.5 Å². The molecule has 0 bridgehead atoms. The van der Waals surface area contributed by atoms with Gasteiger partial charge in [-0.15, -0.1) is 0 Å². The first-order chi connectivity index (χ1) is 25.3. The van der Waals surface area contributed by atoms with Crippen molar-refractivity contribution < 1.29 is 13.3 Å². The molecule has 7 aromatic carbocycles. The summed E-state index contributed by atoms with van der Waals surface area (Å²) < 4.78 is 19.4. The Morgan fingerprint density at radius 2 is 1.10 bits per heavy atom. The summed E-state index contributed by atoms with van der Waals surface area (Å²) in [7, 11) is 0. The molecule has 0 aliphatic carbocycles. The third-order valence-electron chi connectivity index (χ3n) is 10.2. The van der Waals surface area contributed by atoms with Crippen LogP contribution in [0.3, 0.4) is 0 Å². The molecule has 3 aromatic heterocycles. The van der Waals surface area contributed by atoms with Crippen molar-refractivity contribution in [2.75, 3.05) is 0 Å². The Hall–Kier alpha value is -6.63. The highest BCUT2D eigenvalue weighted by Gasteiger charge is 2.29. The Labute approximate surface area is 291 Å². The minimum atomic E-state index is -0.355. The van der Waals surface area contributed by atoms with E-state index in [0.29, 0.717) is 0 Å². The van der Waals surface area contributed by atoms with E-state index in [2.05, 4.69) is 114 Å². The molecule has 0 radical (unpaired) electrons. The van der Waals surface area contributed by atoms with Crippen molar-refractivity contribution >= 4 is 71.7 Å². The maximum absolute atomic E-state index is 6.78. The summed E-state index contributed by atoms with van der Waals surface area (Å²) >= 11 is 0. The molecule has 2 atom stereocenters. The number of nitrogens with one attached hydrogen (secondary N) is 2. The number of benzene rings is 7. The molecular weight excluding hydrogens is 631 g/mol. The van der Waals surface area contributed by atoms with Crippen LogP contribution in [0.25, 0.3) is 76.9 Å². The van der Waals surface area contributed by atoms with E-state index in [4.69, 9.17) is 18.2 Å². The average Bonchev–Trinajstić information content (AvgIpc) is 3.89. The van der Waals surface area contributed by atoms with E-state index in [1.54, 1.807) is 0 Å². The van der Waals surface area contributed by atoms with Crippen molar-refractivity contribution in [2.45, 2.75) is 12.3 Å². The van der Waals surface area contributed by atoms with Crippen molar-refractivity contribution in [2.24, 2.45) is 4.99 Å². The SMILES string of the molecule is c1ccc(C2NC(c3cccc4c3oc3cc(-c5cccc6c5oc5ccccc56)ccc34)=NC(c3cccc4oc5ccccc5c34)N2)cc1. The average molecular weight is 660 g/mol. The van der Waals surface area contributed by atoms with Crippen LogP contribution in [0.5, 0.6) is 0 Å². The molecule has 2 N–H and O–H groups in total. The Balaban J connectivity index is 1.07. The first-order valence-electron chi connectivity index (χ1n) is 17.2. The summed E-state index contributed by atoms with van der Waals surface area (Å²) in [6.45, 7) is 0. The van der Waals surface area contributed by atoms with Gasteiger partial charge in [-0.3, -0.25) is 5.32 Å². The first kappa shape index (κ1) is 28.2. The molecule has 11 rings (SSSR count). The largest absolute Gasteiger partial charge is 0.456 e. The zero-order valence-electron chi connectivity index (χ0n) is 27.3. The molecule has 6 heteroatoms. The summed E-state index contributed by atoms with van der Waals surface area (Å²) in [4.78, 5) is 5.36. The lowest BCUT2D eigenvalue weighted by molar-refractivity contribution is 0.410. The zero-order valence-corrected chi connectivity index (χ0v) is 27.3. The highest BCUT2D eigenvalue weighted by molar-refractivity contribution is 6.16. The second kappa shape index (κ2) is 10.9. The van der Waals surface area contributed by atoms with E-state index in [-0.39, 0.29) is 12.3 Å². The second-order valence-electron chi connectivity index (χ2n) is 13.1. The number of aliphatic imine (C=N–C) groups is 1. The third kappa shape index (κ3) is 4.37. The number of nitrogens with zero attached hydrogens (tertiary/aromatic N) is 1. The lowest BCUT2D eigenvalue weighted by Gasteiger charge is -2.32. The molecule has 0 saturated carbocycles. The highest BCUT2D eigenvalue weighted by atomic mass is 16.3. The highest BCUT2D eigenvalue weighted by Crippen LogP contribution is 2.40. The molecule has 0 fully saturated rings. The van der Waals surface area contributed by atoms with Crippen LogP contribution in [0.4, 0.5) is 0 Å². The van der Waals surface area contributed by atoms with E-state index in [0.717, 1.165) is 99.5 Å². The quantitative estimate of drug-likeness (QED) is 0.197. The minimum absolute atomic E-state index is 0.201. The van der Waals surface area contributed by atoms with Crippen molar-refractivity contribution in [3.05, 3.63) is 168 Å². The number of hydrogen-bond acceptors (Lipinski definition) is 6. The number of para-hydroxylation sites is 4. The van der Waals surface area contributed by atoms with Gasteiger partial charge in [0.2, 0.25) is 0 Å². The fourth-order valence-electron chi connectivity index (χ4n) is 7.83. The minimum Gasteiger partial charge on any atom is -0.456 e. The van der Waals surface area contributed by atoms with Crippen LogP contribution in [0.2, 0.25) is 0 Å². The number of furan rings is 3. The summed E-state index contributed by atoms with van der Waals surface area (Å²) in [5, 5.41) is 13.9. The summed E-state index contributed by atoms with van der Waals surface area (Å²) in [6.07, 6.45) is -0.556. The van der Waals surface area contributed by atoms with Crippen LogP contribution in [0.1, 0.15) is 29.0 Å². The molecular formula is C45H29N3O3. The monoisotopic (exact) mass is 659 g/mol. The lowest BCUT2D eigenvalue weighted by atomic mass is 10.00. The third-order valence-corrected chi connectivity index (χ3v) is 10.2. The molecule has 0 saturated heterocycles. The van der Waals surface area contributed by atoms with E-state index in [1.165, 1.54) is 0 Å². The summed E-state index contributed by atoms with van der Waals surface area (Å²) in [6, 6.07) is 52.0. The molecule has 6 nitrogen and oxygen atoms in total. The van der Waals surface area contributed by atoms with Crippen LogP contribution in [0.15, 0.2) is 170 Å². The molecule has 0 spiro atoms. The van der Waals surface area contributed by atoms with E-state index < -0.39 is 0 Å². The molecule has 1 aliphatic rings. The van der Waals surface area contributed by atoms with Gasteiger partial charge < -0.3 is 18.6 Å². The molecule has 0 amide bonds. The Kier molecular flexibility index (Phi) is 6.05. The Bertz CT molecular complexity index is 3000. The van der Waals surface area contributed by atoms with Crippen molar-refractivity contribution in [3.8, 4) is 11.1 Å². The van der Waals surface area contributed by atoms with Gasteiger partial charge in [0, 0.05) is 43.4 Å². The van der Waals surface area contributed by atoms with Gasteiger partial charge in [0.1, 0.15) is 51.7 Å². The lowest BCUT2D eigenvalue weighted by Crippen LogP contribution is -2.45. The number of fused-ring (bicyclic) bond motifs is 9. The fraction of sp³-hybridized carbons (Fsp3) is 0.0444. The van der Waals surface area contributed by atoms with Crippen molar-refractivity contribution in [1.29, 1.82) is 0 Å². The smallest absolute Gasteiger partial charge is 0.146 e. The van der Waals surface area contributed by atoms with Crippen LogP contribution in [-0.4, -0.2) is 5.84 Å². The predicted octanol–water partition coefficient (Wildman–Crippen LogP) is 11.4. The molecule has 242 valence electrons. The number of amidine groups is 1. The Morgan fingerprint density at radius 1 is 0.471 bits per heavy atom. The standard InChI is InChI=1S/C45H29N3O3/c1-2-11-26(12-3-1)43-46-44(34-18-10-22-38-40(34)33-14-5-7-21-37(33)49-38)48-45(47-43)35-19-9-17-32-30-24-23-27(25-39(30)51-42(32)35)28-15-8-16-31-29-13-4-6-20-36(29)50-41(28)31/h1-25,43-44,46H,(H,47,48). The number of hydrogen-bond donors (Lipinski definition) is 2. The van der Waals surface area contributed by atoms with Gasteiger partial charge in [0.05, 0.1) is 5.56 Å². The molecule has 51 heavy (non-hydrogen) atoms. The maximum Gasteiger partial charge on any atom is 0.146 e. The van der Waals surface area contributed by atoms with Crippen LogP contribution < -0.4 is 10.6 Å². The maximum atomic E-state index is 6.78. The topological polar surface area (TPSA) is 75.8 Å². The van der Waals surface area contributed by atoms with Crippen LogP contribution in [0, 0.1) is 0 Å². The summed E-state index contributed by atoms with van der Waals surface area (Å²) in [5.74, 6) is 0.759. The van der Waals surface area contributed by atoms with E-state index in [9.17, 15) is 0 Å². The van der Waals surface area contributed by atoms with Crippen molar-refractivity contribution in [1.82, 2.24) is 10.6 Å². The van der Waals surface area contributed by atoms with Gasteiger partial charge in [0.25, 0.3) is 0 Å². The van der Waals surface area contributed by atoms with Crippen LogP contribution >= 0.6 is 0 Å². The van der Waals surface area contributed by atoms with E-state index >= 15 is 0 Å². The predicted molar refractivity (Wildman–Crippen MR) is 205 cm³/mol. The van der Waals surface area contributed by atoms with Gasteiger partial charge in [-0.25, -0.2) is 4.99 Å². The number of rotatable bonds is 4. The van der Waals surface area contributed by atoms with Crippen LogP contribution in [-0.2, 0) is 0 Å². The first-order valence-corrected chi connectivity index (χ1v) is 17.2. The molecule has 4 heterocycles. The molecule has 2 unspecified atom stereocenters. The van der Waals surface area contributed by atoms with Gasteiger partial charge in [0.15, 0.2) is 0 Å². The van der Waals surface area contributed by atoms with Gasteiger partial charge in [-0.1, -0.05) is 115 Å². The van der Waals surface area contributed by atoms with Gasteiger partial charge in [-0.2, -0.15) is 0 Å². The summed E-state index contributed by atoms with van der Waals surface area (Å²) in [5.41, 5.74) is 10.2. The molecule has 1 aliphatic heterocycles. The fourth-order valence-corrected chi connectivity index (χ4v) is 7.83. The van der Waals surface area contributed by atoms with Gasteiger partial charge in [-0.05, 0) is 47.5 Å². The molecule has 10 aromatic rings. The van der Waals surface area contributed by atoms with Crippen molar-refractivity contribution in [3.63, 3.8) is 0 Å². The normalized spacial score (nSPS) is 16.4. The van der Waals surface area contributed by atoms with Gasteiger partial charge >= 0.3 is 0 Å².